The molecule has 0 N–H and O–H groups in total. The van der Waals surface area contributed by atoms with Crippen LogP contribution in [0.3, 0.4) is 0 Å². The predicted octanol–water partition coefficient (Wildman–Crippen LogP) is 4.23. The Bertz CT molecular complexity index is 883. The number of imide groups is 1. The smallest absolute Gasteiger partial charge is 0.238 e. The second-order valence-corrected chi connectivity index (χ2v) is 8.22. The average Bonchev–Trinajstić information content (AvgIpc) is 3.29. The first kappa shape index (κ1) is 15.8. The molecule has 26 heavy (non-hydrogen) atoms. The van der Waals surface area contributed by atoms with E-state index in [9.17, 15) is 9.59 Å². The number of carbonyl (C=O) groups is 2. The fourth-order valence-electron chi connectivity index (χ4n) is 5.92. The minimum atomic E-state index is -0.134. The summed E-state index contributed by atoms with van der Waals surface area (Å²) in [6, 6.07) is 16.5. The van der Waals surface area contributed by atoms with E-state index >= 15 is 0 Å². The van der Waals surface area contributed by atoms with Crippen molar-refractivity contribution in [2.45, 2.75) is 32.6 Å². The summed E-state index contributed by atoms with van der Waals surface area (Å²) in [7, 11) is 0. The van der Waals surface area contributed by atoms with Gasteiger partial charge in [0, 0.05) is 0 Å². The van der Waals surface area contributed by atoms with E-state index in [-0.39, 0.29) is 23.7 Å². The van der Waals surface area contributed by atoms with E-state index in [4.69, 9.17) is 0 Å². The summed E-state index contributed by atoms with van der Waals surface area (Å²) < 4.78 is 0. The molecule has 3 fully saturated rings. The summed E-state index contributed by atoms with van der Waals surface area (Å²) in [4.78, 5) is 28.1. The van der Waals surface area contributed by atoms with Gasteiger partial charge in [-0.15, -0.1) is 0 Å². The van der Waals surface area contributed by atoms with Gasteiger partial charge in [-0.3, -0.25) is 9.59 Å². The van der Waals surface area contributed by atoms with Crippen LogP contribution in [0.5, 0.6) is 0 Å². The monoisotopic (exact) mass is 345 g/mol. The van der Waals surface area contributed by atoms with Gasteiger partial charge in [0.2, 0.25) is 11.8 Å². The van der Waals surface area contributed by atoms with E-state index in [0.717, 1.165) is 29.7 Å². The second kappa shape index (κ2) is 5.54. The van der Waals surface area contributed by atoms with Crippen molar-refractivity contribution in [1.29, 1.82) is 0 Å². The highest BCUT2D eigenvalue weighted by Crippen LogP contribution is 2.62. The van der Waals surface area contributed by atoms with Gasteiger partial charge in [-0.2, -0.15) is 0 Å². The maximum atomic E-state index is 13.4. The van der Waals surface area contributed by atoms with Crippen molar-refractivity contribution in [2.75, 3.05) is 4.90 Å². The number of rotatable bonds is 2. The zero-order valence-electron chi connectivity index (χ0n) is 15.2. The van der Waals surface area contributed by atoms with Gasteiger partial charge in [-0.25, -0.2) is 4.90 Å². The molecule has 5 rings (SSSR count). The third-order valence-electron chi connectivity index (χ3n) is 6.91. The Morgan fingerprint density at radius 3 is 2.15 bits per heavy atom. The molecule has 2 bridgehead atoms. The van der Waals surface area contributed by atoms with Gasteiger partial charge < -0.3 is 0 Å². The van der Waals surface area contributed by atoms with Crippen molar-refractivity contribution >= 4 is 17.5 Å². The standard InChI is InChI=1S/C23H23NO2/c1-13-7-6-8-14(2)21(13)24-22(25)19-16-11-17(15-9-4-3-5-10-15)18(12-16)20(19)23(24)26/h3-10,16-20H,11-12H2,1-2H3/t16-,17-,18+,19+,20+/m0/s1. The molecule has 3 nitrogen and oxygen atoms in total. The van der Waals surface area contributed by atoms with E-state index in [2.05, 4.69) is 24.3 Å². The topological polar surface area (TPSA) is 37.4 Å². The number of nitrogens with zero attached hydrogens (tertiary/aromatic N) is 1. The molecular formula is C23H23NO2. The lowest BCUT2D eigenvalue weighted by molar-refractivity contribution is -0.123. The van der Waals surface area contributed by atoms with Gasteiger partial charge in [0.05, 0.1) is 17.5 Å². The zero-order valence-corrected chi connectivity index (χ0v) is 15.2. The Balaban J connectivity index is 1.53. The number of fused-ring (bicyclic) bond motifs is 5. The van der Waals surface area contributed by atoms with Crippen LogP contribution < -0.4 is 4.90 Å². The largest absolute Gasteiger partial charge is 0.274 e. The van der Waals surface area contributed by atoms with Crippen LogP contribution in [-0.4, -0.2) is 11.8 Å². The fourth-order valence-corrected chi connectivity index (χ4v) is 5.92. The highest BCUT2D eigenvalue weighted by Gasteiger charge is 2.64. The molecule has 0 unspecified atom stereocenters. The van der Waals surface area contributed by atoms with Crippen LogP contribution in [0.15, 0.2) is 48.5 Å². The van der Waals surface area contributed by atoms with Crippen molar-refractivity contribution in [3.05, 3.63) is 65.2 Å². The molecule has 0 spiro atoms. The number of anilines is 1. The number of para-hydroxylation sites is 1. The van der Waals surface area contributed by atoms with Crippen molar-refractivity contribution in [3.8, 4) is 0 Å². The van der Waals surface area contributed by atoms with Crippen molar-refractivity contribution in [3.63, 3.8) is 0 Å². The van der Waals surface area contributed by atoms with Gasteiger partial charge >= 0.3 is 0 Å². The third kappa shape index (κ3) is 2.00. The normalized spacial score (nSPS) is 32.4. The second-order valence-electron chi connectivity index (χ2n) is 8.22. The molecule has 2 aromatic carbocycles. The molecule has 2 saturated carbocycles. The van der Waals surface area contributed by atoms with Crippen molar-refractivity contribution in [2.24, 2.45) is 23.7 Å². The van der Waals surface area contributed by atoms with Crippen LogP contribution >= 0.6 is 0 Å². The van der Waals surface area contributed by atoms with Crippen LogP contribution in [-0.2, 0) is 9.59 Å². The summed E-state index contributed by atoms with van der Waals surface area (Å²) in [5.41, 5.74) is 4.13. The zero-order chi connectivity index (χ0) is 18.0. The van der Waals surface area contributed by atoms with Crippen LogP contribution in [0.2, 0.25) is 0 Å². The van der Waals surface area contributed by atoms with Gasteiger partial charge in [-0.05, 0) is 61.1 Å². The summed E-state index contributed by atoms with van der Waals surface area (Å²) >= 11 is 0. The first-order chi connectivity index (χ1) is 12.6. The third-order valence-corrected chi connectivity index (χ3v) is 6.91. The molecule has 5 atom stereocenters. The van der Waals surface area contributed by atoms with Crippen LogP contribution in [0, 0.1) is 37.5 Å². The molecule has 0 aromatic heterocycles. The van der Waals surface area contributed by atoms with E-state index in [1.165, 1.54) is 10.5 Å². The van der Waals surface area contributed by atoms with Crippen LogP contribution in [0.1, 0.15) is 35.4 Å². The molecule has 2 aliphatic carbocycles. The lowest BCUT2D eigenvalue weighted by atomic mass is 9.73. The minimum absolute atomic E-state index is 0.0329. The number of amides is 2. The molecule has 1 aliphatic heterocycles. The van der Waals surface area contributed by atoms with E-state index in [0.29, 0.717) is 17.8 Å². The number of hydrogen-bond donors (Lipinski definition) is 0. The molecule has 1 saturated heterocycles. The molecule has 2 aromatic rings. The number of benzene rings is 2. The summed E-state index contributed by atoms with van der Waals surface area (Å²) in [5, 5.41) is 0. The number of carbonyl (C=O) groups excluding carboxylic acids is 2. The molecule has 0 radical (unpaired) electrons. The minimum Gasteiger partial charge on any atom is -0.274 e. The van der Waals surface area contributed by atoms with Gasteiger partial charge in [-0.1, -0.05) is 48.5 Å². The lowest BCUT2D eigenvalue weighted by Crippen LogP contribution is -2.34. The van der Waals surface area contributed by atoms with E-state index < -0.39 is 0 Å². The Morgan fingerprint density at radius 2 is 1.46 bits per heavy atom. The lowest BCUT2D eigenvalue weighted by Gasteiger charge is -2.28. The quantitative estimate of drug-likeness (QED) is 0.764. The Hall–Kier alpha value is -2.42. The molecule has 3 aliphatic rings. The highest BCUT2D eigenvalue weighted by molar-refractivity contribution is 6.23. The first-order valence-electron chi connectivity index (χ1n) is 9.57. The molecule has 3 heteroatoms. The van der Waals surface area contributed by atoms with Crippen molar-refractivity contribution in [1.82, 2.24) is 0 Å². The summed E-state index contributed by atoms with van der Waals surface area (Å²) in [6.07, 6.45) is 2.06. The Morgan fingerprint density at radius 1 is 0.808 bits per heavy atom. The van der Waals surface area contributed by atoms with Crippen LogP contribution in [0.25, 0.3) is 0 Å². The van der Waals surface area contributed by atoms with Gasteiger partial charge in [0.1, 0.15) is 0 Å². The Kier molecular flexibility index (Phi) is 3.37. The molecule has 2 amide bonds. The van der Waals surface area contributed by atoms with E-state index in [1.807, 2.05) is 38.1 Å². The molecular weight excluding hydrogens is 322 g/mol. The number of aryl methyl sites for hydroxylation is 2. The molecule has 1 heterocycles. The first-order valence-corrected chi connectivity index (χ1v) is 9.57. The summed E-state index contributed by atoms with van der Waals surface area (Å²) in [5.74, 6) is 0.898. The fraction of sp³-hybridized carbons (Fsp3) is 0.391. The number of hydrogen-bond acceptors (Lipinski definition) is 2. The van der Waals surface area contributed by atoms with E-state index in [1.54, 1.807) is 0 Å². The SMILES string of the molecule is Cc1cccc(C)c1N1C(=O)[C@@H]2[C@@H]3C[C@@H]([C@H]2C1=O)[C@H](c1ccccc1)C3. The van der Waals surface area contributed by atoms with Crippen LogP contribution in [0.4, 0.5) is 5.69 Å². The predicted molar refractivity (Wildman–Crippen MR) is 101 cm³/mol. The maximum absolute atomic E-state index is 13.4. The Labute approximate surface area is 154 Å². The average molecular weight is 345 g/mol. The summed E-state index contributed by atoms with van der Waals surface area (Å²) in [6.45, 7) is 3.97. The van der Waals surface area contributed by atoms with Gasteiger partial charge in [0.15, 0.2) is 0 Å². The van der Waals surface area contributed by atoms with Crippen molar-refractivity contribution < 1.29 is 9.59 Å². The molecule has 132 valence electrons. The highest BCUT2D eigenvalue weighted by atomic mass is 16.2. The maximum Gasteiger partial charge on any atom is 0.238 e. The van der Waals surface area contributed by atoms with Gasteiger partial charge in [0.25, 0.3) is 0 Å².